The maximum absolute atomic E-state index is 12.5. The third kappa shape index (κ3) is 3.66. The van der Waals surface area contributed by atoms with Gasteiger partial charge in [0.25, 0.3) is 0 Å². The molecule has 0 radical (unpaired) electrons. The molecule has 0 amide bonds. The van der Waals surface area contributed by atoms with E-state index in [0.29, 0.717) is 13.1 Å². The first kappa shape index (κ1) is 16.5. The van der Waals surface area contributed by atoms with Crippen LogP contribution in [0.1, 0.15) is 25.3 Å². The molecule has 0 spiro atoms. The van der Waals surface area contributed by atoms with Crippen molar-refractivity contribution in [1.82, 2.24) is 9.97 Å². The summed E-state index contributed by atoms with van der Waals surface area (Å²) in [6.07, 6.45) is -1.33. The molecule has 8 heteroatoms. The van der Waals surface area contributed by atoms with Crippen LogP contribution in [0, 0.1) is 11.8 Å². The molecule has 0 bridgehead atoms. The number of nitrogens with zero attached hydrogens (tertiary/aromatic N) is 3. The topological polar surface area (TPSA) is 55.3 Å². The maximum atomic E-state index is 12.5. The number of alkyl halides is 3. The van der Waals surface area contributed by atoms with Crippen LogP contribution in [0.25, 0.3) is 0 Å². The summed E-state index contributed by atoms with van der Waals surface area (Å²) in [5.41, 5.74) is -0.856. The summed E-state index contributed by atoms with van der Waals surface area (Å²) in [6.45, 7) is 3.05. The fourth-order valence-corrected chi connectivity index (χ4v) is 2.61. The van der Waals surface area contributed by atoms with Crippen LogP contribution in [0.15, 0.2) is 12.4 Å². The average Bonchev–Trinajstić information content (AvgIpc) is 2.53. The second-order valence-electron chi connectivity index (χ2n) is 5.41. The highest BCUT2D eigenvalue weighted by Gasteiger charge is 2.32. The molecule has 0 aliphatic carbocycles. The Morgan fingerprint density at radius 3 is 2.32 bits per heavy atom. The fourth-order valence-electron chi connectivity index (χ4n) is 2.61. The van der Waals surface area contributed by atoms with E-state index < -0.39 is 11.7 Å². The maximum Gasteiger partial charge on any atom is 0.419 e. The molecule has 2 heterocycles. The van der Waals surface area contributed by atoms with Gasteiger partial charge in [-0.05, 0) is 18.8 Å². The number of halogens is 3. The minimum absolute atomic E-state index is 0.180. The Bertz CT molecular complexity index is 511. The van der Waals surface area contributed by atoms with Crippen molar-refractivity contribution in [3.8, 4) is 0 Å². The third-order valence-electron chi connectivity index (χ3n) is 4.07. The standard InChI is InChI=1S/C14H18F3N3O2/c1-9(12(21)22-2)10-3-5-20(6-4-10)13-18-7-11(8-19-13)14(15,16)17/h7-10H,3-6H2,1-2H3. The van der Waals surface area contributed by atoms with Crippen molar-refractivity contribution in [1.29, 1.82) is 0 Å². The lowest BCUT2D eigenvalue weighted by Gasteiger charge is -2.33. The van der Waals surface area contributed by atoms with Crippen molar-refractivity contribution in [3.05, 3.63) is 18.0 Å². The van der Waals surface area contributed by atoms with Gasteiger partial charge < -0.3 is 9.64 Å². The van der Waals surface area contributed by atoms with E-state index in [0.717, 1.165) is 25.2 Å². The number of methoxy groups -OCH3 is 1. The largest absolute Gasteiger partial charge is 0.469 e. The van der Waals surface area contributed by atoms with Gasteiger partial charge in [-0.25, -0.2) is 9.97 Å². The quantitative estimate of drug-likeness (QED) is 0.802. The fraction of sp³-hybridized carbons (Fsp3) is 0.643. The molecule has 1 aliphatic rings. The van der Waals surface area contributed by atoms with Gasteiger partial charge >= 0.3 is 12.1 Å². The third-order valence-corrected chi connectivity index (χ3v) is 4.07. The molecule has 1 fully saturated rings. The van der Waals surface area contributed by atoms with E-state index in [1.807, 2.05) is 11.8 Å². The number of anilines is 1. The van der Waals surface area contributed by atoms with Crippen molar-refractivity contribution < 1.29 is 22.7 Å². The second kappa shape index (κ2) is 6.50. The van der Waals surface area contributed by atoms with E-state index in [-0.39, 0.29) is 23.8 Å². The first-order valence-corrected chi connectivity index (χ1v) is 7.05. The highest BCUT2D eigenvalue weighted by atomic mass is 19.4. The summed E-state index contributed by atoms with van der Waals surface area (Å²) in [4.78, 5) is 20.9. The Morgan fingerprint density at radius 2 is 1.86 bits per heavy atom. The minimum Gasteiger partial charge on any atom is -0.469 e. The lowest BCUT2D eigenvalue weighted by atomic mass is 9.85. The first-order valence-electron chi connectivity index (χ1n) is 7.05. The molecule has 1 saturated heterocycles. The number of piperidine rings is 1. The lowest BCUT2D eigenvalue weighted by molar-refractivity contribution is -0.147. The summed E-state index contributed by atoms with van der Waals surface area (Å²) in [5, 5.41) is 0. The molecule has 1 aromatic heterocycles. The molecule has 5 nitrogen and oxygen atoms in total. The van der Waals surface area contributed by atoms with Crippen molar-refractivity contribution in [2.45, 2.75) is 25.9 Å². The number of esters is 1. The monoisotopic (exact) mass is 317 g/mol. The zero-order valence-electron chi connectivity index (χ0n) is 12.4. The van der Waals surface area contributed by atoms with Gasteiger partial charge in [0.1, 0.15) is 0 Å². The highest BCUT2D eigenvalue weighted by molar-refractivity contribution is 5.72. The zero-order chi connectivity index (χ0) is 16.3. The first-order chi connectivity index (χ1) is 10.3. The van der Waals surface area contributed by atoms with Gasteiger partial charge in [-0.1, -0.05) is 6.92 Å². The predicted octanol–water partition coefficient (Wildman–Crippen LogP) is 2.52. The molecule has 22 heavy (non-hydrogen) atoms. The summed E-state index contributed by atoms with van der Waals surface area (Å²) in [5.74, 6) is 0.0835. The second-order valence-corrected chi connectivity index (χ2v) is 5.41. The zero-order valence-corrected chi connectivity index (χ0v) is 12.4. The van der Waals surface area contributed by atoms with Crippen molar-refractivity contribution in [2.24, 2.45) is 11.8 Å². The summed E-state index contributed by atoms with van der Waals surface area (Å²) in [7, 11) is 1.37. The van der Waals surface area contributed by atoms with Gasteiger partial charge in [0.2, 0.25) is 5.95 Å². The smallest absolute Gasteiger partial charge is 0.419 e. The van der Waals surface area contributed by atoms with Crippen LogP contribution in [-0.2, 0) is 15.7 Å². The molecule has 1 aromatic rings. The van der Waals surface area contributed by atoms with Crippen LogP contribution in [-0.4, -0.2) is 36.1 Å². The van der Waals surface area contributed by atoms with E-state index in [1.54, 1.807) is 0 Å². The number of hydrogen-bond acceptors (Lipinski definition) is 5. The van der Waals surface area contributed by atoms with Crippen molar-refractivity contribution in [3.63, 3.8) is 0 Å². The SMILES string of the molecule is COC(=O)C(C)C1CCN(c2ncc(C(F)(F)F)cn2)CC1. The molecule has 1 aliphatic heterocycles. The van der Waals surface area contributed by atoms with Gasteiger partial charge in [-0.3, -0.25) is 4.79 Å². The van der Waals surface area contributed by atoms with E-state index in [2.05, 4.69) is 9.97 Å². The Kier molecular flexibility index (Phi) is 4.87. The summed E-state index contributed by atoms with van der Waals surface area (Å²) < 4.78 is 42.2. The van der Waals surface area contributed by atoms with Gasteiger partial charge in [-0.2, -0.15) is 13.2 Å². The number of aromatic nitrogens is 2. The van der Waals surface area contributed by atoms with E-state index in [4.69, 9.17) is 4.74 Å². The molecule has 0 saturated carbocycles. The van der Waals surface area contributed by atoms with Gasteiger partial charge in [0.05, 0.1) is 18.6 Å². The molecular weight excluding hydrogens is 299 g/mol. The van der Waals surface area contributed by atoms with E-state index >= 15 is 0 Å². The van der Waals surface area contributed by atoms with Gasteiger partial charge in [-0.15, -0.1) is 0 Å². The Labute approximate surface area is 126 Å². The van der Waals surface area contributed by atoms with Crippen molar-refractivity contribution >= 4 is 11.9 Å². The van der Waals surface area contributed by atoms with Crippen LogP contribution in [0.3, 0.4) is 0 Å². The molecule has 1 unspecified atom stereocenters. The Hall–Kier alpha value is -1.86. The minimum atomic E-state index is -4.43. The van der Waals surface area contributed by atoms with Crippen LogP contribution < -0.4 is 4.90 Å². The normalized spacial score (nSPS) is 18.1. The summed E-state index contributed by atoms with van der Waals surface area (Å²) >= 11 is 0. The van der Waals surface area contributed by atoms with E-state index in [9.17, 15) is 18.0 Å². The van der Waals surface area contributed by atoms with E-state index in [1.165, 1.54) is 7.11 Å². The lowest BCUT2D eigenvalue weighted by Crippen LogP contribution is -2.38. The van der Waals surface area contributed by atoms with Crippen LogP contribution in [0.4, 0.5) is 19.1 Å². The number of ether oxygens (including phenoxy) is 1. The molecular formula is C14H18F3N3O2. The average molecular weight is 317 g/mol. The molecule has 2 rings (SSSR count). The van der Waals surface area contributed by atoms with Crippen LogP contribution in [0.5, 0.6) is 0 Å². The summed E-state index contributed by atoms with van der Waals surface area (Å²) in [6, 6.07) is 0. The van der Waals surface area contributed by atoms with Gasteiger partial charge in [0, 0.05) is 25.5 Å². The number of carbonyl (C=O) groups is 1. The van der Waals surface area contributed by atoms with Gasteiger partial charge in [0.15, 0.2) is 0 Å². The number of carbonyl (C=O) groups excluding carboxylic acids is 1. The van der Waals surface area contributed by atoms with Crippen LogP contribution >= 0.6 is 0 Å². The molecule has 1 atom stereocenters. The highest BCUT2D eigenvalue weighted by Crippen LogP contribution is 2.30. The van der Waals surface area contributed by atoms with Crippen molar-refractivity contribution in [2.75, 3.05) is 25.1 Å². The molecule has 122 valence electrons. The van der Waals surface area contributed by atoms with Crippen LogP contribution in [0.2, 0.25) is 0 Å². The number of hydrogen-bond donors (Lipinski definition) is 0. The molecule has 0 N–H and O–H groups in total. The molecule has 0 aromatic carbocycles. The number of rotatable bonds is 3. The predicted molar refractivity (Wildman–Crippen MR) is 73.2 cm³/mol. The Morgan fingerprint density at radius 1 is 1.32 bits per heavy atom. The Balaban J connectivity index is 1.96.